The molecule has 7 aromatic rings. The highest BCUT2D eigenvalue weighted by Gasteiger charge is 2.42. The Labute approximate surface area is 332 Å². The number of unbranched alkanes of at least 4 members (excludes halogenated alkanes) is 2. The van der Waals surface area contributed by atoms with Crippen LogP contribution in [0.3, 0.4) is 0 Å². The van der Waals surface area contributed by atoms with Crippen LogP contribution >= 0.6 is 16.4 Å². The van der Waals surface area contributed by atoms with Gasteiger partial charge in [0, 0.05) is 12.0 Å². The van der Waals surface area contributed by atoms with Crippen molar-refractivity contribution in [2.45, 2.75) is 44.4 Å². The normalized spacial score (nSPS) is 14.9. The Hall–Kier alpha value is -5.66. The summed E-state index contributed by atoms with van der Waals surface area (Å²) >= 11 is 0. The molecule has 0 aliphatic heterocycles. The zero-order valence-electron chi connectivity index (χ0n) is 31.5. The summed E-state index contributed by atoms with van der Waals surface area (Å²) < 4.78 is 10.1. The van der Waals surface area contributed by atoms with E-state index in [2.05, 4.69) is 128 Å². The van der Waals surface area contributed by atoms with Crippen molar-refractivity contribution in [2.75, 3.05) is 0 Å². The molecular formula is C50H44O4P2. The number of rotatable bonds is 10. The molecule has 0 amide bonds. The minimum absolute atomic E-state index is 0.0453. The van der Waals surface area contributed by atoms with Crippen molar-refractivity contribution in [3.05, 3.63) is 199 Å². The molecule has 6 heteroatoms. The minimum Gasteiger partial charge on any atom is -0.295 e. The maximum absolute atomic E-state index is 13.1. The number of ketones is 2. The topological polar surface area (TPSA) is 68.3 Å². The van der Waals surface area contributed by atoms with Gasteiger partial charge in [-0.2, -0.15) is 0 Å². The van der Waals surface area contributed by atoms with Crippen molar-refractivity contribution in [3.63, 3.8) is 0 Å². The standard InChI is InChI=1S/C25H24O2.C18H15P.C7H5O2P/c1-2-3-6-14-25(17-21(26)12-13-24(25)27)23-11-7-10-20-15-18-8-4-5-9-19(18)16-22(20)23;1-4-10-16(11-5-1)19(17-12-6-2-7-13-17)18-14-8-3-9-15-18;8-7(10-9)6-4-2-1-3-5-6/h4-5,7-13,15-16H,2-3,6,14,17H2,1H3;1-15H;1-5H. The fourth-order valence-corrected chi connectivity index (χ4v) is 9.78. The van der Waals surface area contributed by atoms with Crippen molar-refractivity contribution in [2.24, 2.45) is 0 Å². The fraction of sp³-hybridized carbons (Fsp3) is 0.140. The Morgan fingerprint density at radius 3 is 1.62 bits per heavy atom. The molecule has 0 spiro atoms. The van der Waals surface area contributed by atoms with E-state index in [0.29, 0.717) is 5.56 Å². The van der Waals surface area contributed by atoms with Crippen molar-refractivity contribution in [1.82, 2.24) is 0 Å². The molecule has 1 unspecified atom stereocenters. The fourth-order valence-electron chi connectivity index (χ4n) is 7.22. The highest BCUT2D eigenvalue weighted by molar-refractivity contribution is 7.79. The number of carbonyl (C=O) groups is 3. The molecule has 1 aliphatic carbocycles. The lowest BCUT2D eigenvalue weighted by Gasteiger charge is -2.34. The van der Waals surface area contributed by atoms with Crippen LogP contribution in [0.1, 0.15) is 54.9 Å². The van der Waals surface area contributed by atoms with E-state index in [1.54, 1.807) is 30.3 Å². The van der Waals surface area contributed by atoms with Gasteiger partial charge in [0.05, 0.1) is 5.41 Å². The van der Waals surface area contributed by atoms with Crippen LogP contribution in [0.25, 0.3) is 21.5 Å². The van der Waals surface area contributed by atoms with Gasteiger partial charge in [-0.1, -0.05) is 190 Å². The quantitative estimate of drug-likeness (QED) is 0.0789. The Kier molecular flexibility index (Phi) is 14.1. The predicted octanol–water partition coefficient (Wildman–Crippen LogP) is 11.5. The minimum atomic E-state index is -0.733. The van der Waals surface area contributed by atoms with E-state index in [9.17, 15) is 18.9 Å². The van der Waals surface area contributed by atoms with Crippen LogP contribution in [0, 0.1) is 0 Å². The first-order valence-corrected chi connectivity index (χ1v) is 21.1. The Morgan fingerprint density at radius 2 is 1.09 bits per heavy atom. The highest BCUT2D eigenvalue weighted by Crippen LogP contribution is 2.42. The molecule has 1 aliphatic rings. The molecule has 278 valence electrons. The number of carbonyl (C=O) groups excluding carboxylic acids is 3. The molecule has 1 atom stereocenters. The lowest BCUT2D eigenvalue weighted by atomic mass is 9.66. The third-order valence-corrected chi connectivity index (χ3v) is 12.9. The summed E-state index contributed by atoms with van der Waals surface area (Å²) in [6.45, 7) is 2.16. The Bertz CT molecular complexity index is 2340. The first-order valence-electron chi connectivity index (χ1n) is 19.0. The lowest BCUT2D eigenvalue weighted by molar-refractivity contribution is -0.126. The van der Waals surface area contributed by atoms with E-state index in [1.807, 2.05) is 24.3 Å². The van der Waals surface area contributed by atoms with E-state index < -0.39 is 21.8 Å². The van der Waals surface area contributed by atoms with Crippen LogP contribution in [-0.4, -0.2) is 17.1 Å². The molecule has 0 aromatic heterocycles. The van der Waals surface area contributed by atoms with E-state index in [4.69, 9.17) is 0 Å². The van der Waals surface area contributed by atoms with Gasteiger partial charge in [-0.05, 0) is 81.6 Å². The van der Waals surface area contributed by atoms with Gasteiger partial charge in [-0.15, -0.1) is 0 Å². The summed E-state index contributed by atoms with van der Waals surface area (Å²) in [5, 5.41) is 8.75. The maximum Gasteiger partial charge on any atom is 0.253 e. The smallest absolute Gasteiger partial charge is 0.253 e. The van der Waals surface area contributed by atoms with Crippen LogP contribution in [0.2, 0.25) is 0 Å². The van der Waals surface area contributed by atoms with Crippen LogP contribution in [0.4, 0.5) is 0 Å². The molecular weight excluding hydrogens is 726 g/mol. The average molecular weight is 771 g/mol. The van der Waals surface area contributed by atoms with Crippen LogP contribution < -0.4 is 15.9 Å². The molecule has 0 N–H and O–H groups in total. The molecule has 56 heavy (non-hydrogen) atoms. The van der Waals surface area contributed by atoms with E-state index in [0.717, 1.165) is 47.4 Å². The number of allylic oxidation sites excluding steroid dienone is 2. The zero-order valence-corrected chi connectivity index (χ0v) is 33.2. The van der Waals surface area contributed by atoms with Gasteiger partial charge in [0.2, 0.25) is 8.46 Å². The van der Waals surface area contributed by atoms with E-state index in [1.165, 1.54) is 33.5 Å². The summed E-state index contributed by atoms with van der Waals surface area (Å²) in [5.41, 5.74) is 0.382. The molecule has 0 heterocycles. The summed E-state index contributed by atoms with van der Waals surface area (Å²) in [5.74, 6) is 0.114. The predicted molar refractivity (Wildman–Crippen MR) is 235 cm³/mol. The van der Waals surface area contributed by atoms with Gasteiger partial charge in [0.15, 0.2) is 11.6 Å². The van der Waals surface area contributed by atoms with Crippen molar-refractivity contribution < 1.29 is 18.9 Å². The van der Waals surface area contributed by atoms with Crippen LogP contribution in [0.15, 0.2) is 188 Å². The summed E-state index contributed by atoms with van der Waals surface area (Å²) in [6.07, 6.45) is 7.06. The number of benzene rings is 7. The van der Waals surface area contributed by atoms with Crippen molar-refractivity contribution in [1.29, 1.82) is 0 Å². The second-order valence-electron chi connectivity index (χ2n) is 13.7. The molecule has 7 aromatic carbocycles. The molecule has 0 fully saturated rings. The van der Waals surface area contributed by atoms with Crippen molar-refractivity contribution in [3.8, 4) is 0 Å². The highest BCUT2D eigenvalue weighted by atomic mass is 31.1. The van der Waals surface area contributed by atoms with Crippen LogP contribution in [0.5, 0.6) is 0 Å². The second-order valence-corrected chi connectivity index (χ2v) is 16.5. The molecule has 4 nitrogen and oxygen atoms in total. The summed E-state index contributed by atoms with van der Waals surface area (Å²) in [6, 6.07) is 59.7. The zero-order chi connectivity index (χ0) is 39.2. The largest absolute Gasteiger partial charge is 0.295 e. The van der Waals surface area contributed by atoms with Gasteiger partial charge in [-0.25, -0.2) is 0 Å². The third kappa shape index (κ3) is 9.76. The first kappa shape index (κ1) is 40.0. The Morgan fingerprint density at radius 1 is 0.589 bits per heavy atom. The second kappa shape index (κ2) is 19.8. The lowest BCUT2D eigenvalue weighted by Crippen LogP contribution is -2.39. The van der Waals surface area contributed by atoms with Crippen LogP contribution in [-0.2, 0) is 19.6 Å². The number of hydrogen-bond acceptors (Lipinski definition) is 4. The monoisotopic (exact) mass is 770 g/mol. The molecule has 8 rings (SSSR count). The molecule has 0 bridgehead atoms. The molecule has 0 saturated carbocycles. The summed E-state index contributed by atoms with van der Waals surface area (Å²) in [4.78, 5) is 36.2. The van der Waals surface area contributed by atoms with Gasteiger partial charge < -0.3 is 0 Å². The SMILES string of the molecule is CCCCCC1(c2cccc3cc4ccccc4cc23)CC(=O)C=CC1=O.O=PC(=O)c1ccccc1.c1ccc(P(c2ccccc2)c2ccccc2)cc1. The first-order chi connectivity index (χ1) is 27.4. The van der Waals surface area contributed by atoms with Gasteiger partial charge in [0.25, 0.3) is 5.52 Å². The van der Waals surface area contributed by atoms with Gasteiger partial charge in [-0.3, -0.25) is 18.9 Å². The Balaban J connectivity index is 0.000000159. The third-order valence-electron chi connectivity index (χ3n) is 9.98. The average Bonchev–Trinajstić information content (AvgIpc) is 3.26. The number of hydrogen-bond donors (Lipinski definition) is 0. The van der Waals surface area contributed by atoms with Crippen molar-refractivity contribution >= 4 is 70.9 Å². The van der Waals surface area contributed by atoms with E-state index >= 15 is 0 Å². The van der Waals surface area contributed by atoms with Gasteiger partial charge in [0.1, 0.15) is 0 Å². The molecule has 0 radical (unpaired) electrons. The van der Waals surface area contributed by atoms with E-state index in [-0.39, 0.29) is 23.5 Å². The maximum atomic E-state index is 13.1. The molecule has 0 saturated heterocycles. The van der Waals surface area contributed by atoms with Gasteiger partial charge >= 0.3 is 0 Å². The summed E-state index contributed by atoms with van der Waals surface area (Å²) in [7, 11) is -0.891. The number of fused-ring (bicyclic) bond motifs is 2.